The minimum atomic E-state index is 0.586. The van der Waals surface area contributed by atoms with Crippen LogP contribution in [-0.2, 0) is 0 Å². The van der Waals surface area contributed by atoms with Crippen molar-refractivity contribution in [2.75, 3.05) is 14.7 Å². The molecule has 0 aliphatic heterocycles. The number of anilines is 9. The second kappa shape index (κ2) is 21.8. The third kappa shape index (κ3) is 11.1. The van der Waals surface area contributed by atoms with Gasteiger partial charge in [0.15, 0.2) is 0 Å². The molecule has 0 radical (unpaired) electrons. The number of para-hydroxylation sites is 6. The minimum Gasteiger partial charge on any atom is -0.457 e. The highest BCUT2D eigenvalue weighted by Gasteiger charge is 2.19. The third-order valence-electron chi connectivity index (χ3n) is 11.9. The van der Waals surface area contributed by atoms with Crippen LogP contribution in [0.4, 0.5) is 51.2 Å². The summed E-state index contributed by atoms with van der Waals surface area (Å²) in [5.41, 5.74) is 8.44. The summed E-state index contributed by atoms with van der Waals surface area (Å²) in [5, 5.41) is 0. The summed E-state index contributed by atoms with van der Waals surface area (Å²) in [4.78, 5) is 6.59. The van der Waals surface area contributed by atoms with Crippen LogP contribution >= 0.6 is 0 Å². The maximum atomic E-state index is 6.94. The SMILES string of the molecule is c1ccc(Oc2cccc(N(c3ccccc3)c3cccc(Oc4cc(Oc5cccc(N(c6ccccc6)c6cccc(Oc7ccccc7)c6)c5)cc(N(c5ccccc5)c5ccccc5)c4)c3)c2)cc1. The molecule has 0 spiro atoms. The molecule has 0 heterocycles. The molecule has 352 valence electrons. The number of ether oxygens (including phenoxy) is 4. The maximum absolute atomic E-state index is 6.94. The number of nitrogens with zero attached hydrogens (tertiary/aromatic N) is 3. The summed E-state index contributed by atoms with van der Waals surface area (Å²) in [6.07, 6.45) is 0. The largest absolute Gasteiger partial charge is 0.457 e. The molecule has 0 fully saturated rings. The molecule has 7 nitrogen and oxygen atoms in total. The second-order valence-corrected chi connectivity index (χ2v) is 17.0. The summed E-state index contributed by atoms with van der Waals surface area (Å²) in [5.74, 6) is 5.44. The molecule has 11 rings (SSSR count). The highest BCUT2D eigenvalue weighted by atomic mass is 16.5. The molecule has 11 aromatic carbocycles. The van der Waals surface area contributed by atoms with Crippen molar-refractivity contribution >= 4 is 51.2 Å². The predicted octanol–water partition coefficient (Wildman–Crippen LogP) is 19.3. The zero-order valence-corrected chi connectivity index (χ0v) is 39.8. The first kappa shape index (κ1) is 45.5. The van der Waals surface area contributed by atoms with E-state index in [9.17, 15) is 0 Å². The van der Waals surface area contributed by atoms with Gasteiger partial charge in [-0.15, -0.1) is 0 Å². The quantitative estimate of drug-likeness (QED) is 0.0901. The first-order valence-corrected chi connectivity index (χ1v) is 24.1. The second-order valence-electron chi connectivity index (χ2n) is 17.0. The van der Waals surface area contributed by atoms with Crippen LogP contribution in [-0.4, -0.2) is 0 Å². The number of rotatable bonds is 17. The van der Waals surface area contributed by atoms with E-state index in [1.165, 1.54) is 0 Å². The number of hydrogen-bond acceptors (Lipinski definition) is 7. The van der Waals surface area contributed by atoms with Crippen molar-refractivity contribution < 1.29 is 18.9 Å². The minimum absolute atomic E-state index is 0.586. The normalized spacial score (nSPS) is 10.7. The van der Waals surface area contributed by atoms with Crippen LogP contribution in [0.15, 0.2) is 297 Å². The van der Waals surface area contributed by atoms with Crippen LogP contribution in [0.3, 0.4) is 0 Å². The van der Waals surface area contributed by atoms with Gasteiger partial charge in [0.2, 0.25) is 0 Å². The summed E-state index contributed by atoms with van der Waals surface area (Å²) in [7, 11) is 0. The molecule has 73 heavy (non-hydrogen) atoms. The van der Waals surface area contributed by atoms with Gasteiger partial charge in [0, 0.05) is 88.0 Å². The van der Waals surface area contributed by atoms with Gasteiger partial charge in [0.05, 0.1) is 5.69 Å². The van der Waals surface area contributed by atoms with E-state index in [0.29, 0.717) is 23.0 Å². The number of benzene rings is 11. The van der Waals surface area contributed by atoms with Gasteiger partial charge in [-0.1, -0.05) is 133 Å². The van der Waals surface area contributed by atoms with E-state index in [4.69, 9.17) is 18.9 Å². The highest BCUT2D eigenvalue weighted by Crippen LogP contribution is 2.44. The molecular formula is C66H49N3O4. The van der Waals surface area contributed by atoms with Gasteiger partial charge >= 0.3 is 0 Å². The lowest BCUT2D eigenvalue weighted by Crippen LogP contribution is -2.10. The summed E-state index contributed by atoms with van der Waals surface area (Å²) >= 11 is 0. The third-order valence-corrected chi connectivity index (χ3v) is 11.9. The molecule has 0 unspecified atom stereocenters. The van der Waals surface area contributed by atoms with Crippen molar-refractivity contribution in [3.63, 3.8) is 0 Å². The molecule has 0 atom stereocenters. The van der Waals surface area contributed by atoms with Crippen molar-refractivity contribution in [1.29, 1.82) is 0 Å². The molecule has 0 saturated carbocycles. The van der Waals surface area contributed by atoms with Gasteiger partial charge in [0.25, 0.3) is 0 Å². The molecule has 11 aromatic rings. The summed E-state index contributed by atoms with van der Waals surface area (Å²) < 4.78 is 26.5. The van der Waals surface area contributed by atoms with Crippen LogP contribution in [0.1, 0.15) is 0 Å². The molecule has 0 aliphatic carbocycles. The van der Waals surface area contributed by atoms with E-state index in [0.717, 1.165) is 74.2 Å². The lowest BCUT2D eigenvalue weighted by atomic mass is 10.1. The zero-order valence-electron chi connectivity index (χ0n) is 39.8. The monoisotopic (exact) mass is 947 g/mol. The van der Waals surface area contributed by atoms with Gasteiger partial charge in [-0.05, 0) is 121 Å². The predicted molar refractivity (Wildman–Crippen MR) is 297 cm³/mol. The molecule has 0 saturated heterocycles. The Hall–Kier alpha value is -9.98. The van der Waals surface area contributed by atoms with Crippen molar-refractivity contribution in [2.45, 2.75) is 0 Å². The smallest absolute Gasteiger partial charge is 0.133 e. The highest BCUT2D eigenvalue weighted by molar-refractivity contribution is 5.81. The van der Waals surface area contributed by atoms with Crippen LogP contribution in [0, 0.1) is 0 Å². The fraction of sp³-hybridized carbons (Fsp3) is 0. The van der Waals surface area contributed by atoms with Crippen LogP contribution in [0.5, 0.6) is 46.0 Å². The van der Waals surface area contributed by atoms with Gasteiger partial charge in [-0.2, -0.15) is 0 Å². The molecular weight excluding hydrogens is 899 g/mol. The molecule has 0 N–H and O–H groups in total. The fourth-order valence-electron chi connectivity index (χ4n) is 8.72. The average Bonchev–Trinajstić information content (AvgIpc) is 3.43. The van der Waals surface area contributed by atoms with E-state index in [2.05, 4.69) is 112 Å². The molecule has 0 aromatic heterocycles. The van der Waals surface area contributed by atoms with Crippen LogP contribution in [0.25, 0.3) is 0 Å². The van der Waals surface area contributed by atoms with Gasteiger partial charge in [-0.3, -0.25) is 0 Å². The van der Waals surface area contributed by atoms with Crippen LogP contribution < -0.4 is 33.6 Å². The van der Waals surface area contributed by atoms with E-state index in [1.54, 1.807) is 0 Å². The van der Waals surface area contributed by atoms with Gasteiger partial charge in [-0.25, -0.2) is 0 Å². The van der Waals surface area contributed by atoms with Crippen molar-refractivity contribution in [2.24, 2.45) is 0 Å². The topological polar surface area (TPSA) is 46.6 Å². The first-order valence-electron chi connectivity index (χ1n) is 24.1. The molecule has 0 bridgehead atoms. The lowest BCUT2D eigenvalue weighted by Gasteiger charge is -2.27. The summed E-state index contributed by atoms with van der Waals surface area (Å²) in [6.45, 7) is 0. The van der Waals surface area contributed by atoms with Gasteiger partial charge in [0.1, 0.15) is 46.0 Å². The number of hydrogen-bond donors (Lipinski definition) is 0. The Balaban J connectivity index is 0.966. The van der Waals surface area contributed by atoms with E-state index < -0.39 is 0 Å². The van der Waals surface area contributed by atoms with E-state index >= 15 is 0 Å². The van der Waals surface area contributed by atoms with E-state index in [-0.39, 0.29) is 0 Å². The Kier molecular flexibility index (Phi) is 13.6. The first-order chi connectivity index (χ1) is 36.1. The van der Waals surface area contributed by atoms with Crippen molar-refractivity contribution in [3.05, 3.63) is 297 Å². The molecule has 0 aliphatic rings. The summed E-state index contributed by atoms with van der Waals surface area (Å²) in [6, 6.07) is 99.4. The van der Waals surface area contributed by atoms with Gasteiger partial charge < -0.3 is 33.6 Å². The molecule has 7 heteroatoms. The van der Waals surface area contributed by atoms with Crippen LogP contribution in [0.2, 0.25) is 0 Å². The Morgan fingerprint density at radius 2 is 0.356 bits per heavy atom. The Labute approximate surface area is 426 Å². The van der Waals surface area contributed by atoms with Crippen molar-refractivity contribution in [3.8, 4) is 46.0 Å². The lowest BCUT2D eigenvalue weighted by molar-refractivity contribution is 0.461. The zero-order chi connectivity index (χ0) is 49.0. The van der Waals surface area contributed by atoms with Crippen molar-refractivity contribution in [1.82, 2.24) is 0 Å². The standard InChI is InChI=1S/C66H49N3O4/c1-7-23-50(24-8-1)67(51-25-9-2-10-26-51)58-47-65(72-63-41-21-33-56(45-63)68(52-27-11-3-12-28-52)54-31-19-39-61(43-54)70-59-35-15-5-16-36-59)49-66(48-58)73-64-42-22-34-57(46-64)69(53-29-13-4-14-30-53)55-32-20-40-62(44-55)71-60-37-17-6-18-38-60/h1-49H. The Morgan fingerprint density at radius 3 is 0.644 bits per heavy atom. The maximum Gasteiger partial charge on any atom is 0.133 e. The average molecular weight is 948 g/mol. The molecule has 0 amide bonds. The fourth-order valence-corrected chi connectivity index (χ4v) is 8.72. The Bertz CT molecular complexity index is 3300. The Morgan fingerprint density at radius 1 is 0.151 bits per heavy atom. The van der Waals surface area contributed by atoms with E-state index in [1.807, 2.05) is 200 Å².